The Morgan fingerprint density at radius 2 is 1.97 bits per heavy atom. The molecule has 0 aliphatic rings. The number of nitro groups is 1. The molecule has 3 aromatic rings. The third kappa shape index (κ3) is 4.40. The van der Waals surface area contributed by atoms with Crippen LogP contribution in [0.3, 0.4) is 0 Å². The number of nitro benzene ring substituents is 1. The van der Waals surface area contributed by atoms with Gasteiger partial charge in [0.2, 0.25) is 0 Å². The van der Waals surface area contributed by atoms with E-state index in [0.717, 1.165) is 16.5 Å². The molecule has 0 saturated heterocycles. The van der Waals surface area contributed by atoms with Crippen molar-refractivity contribution in [3.8, 4) is 5.75 Å². The van der Waals surface area contributed by atoms with Gasteiger partial charge in [0.05, 0.1) is 30.4 Å². The van der Waals surface area contributed by atoms with E-state index in [1.165, 1.54) is 31.6 Å². The molecule has 1 amide bonds. The van der Waals surface area contributed by atoms with Gasteiger partial charge in [0.25, 0.3) is 11.6 Å². The molecule has 0 aliphatic carbocycles. The van der Waals surface area contributed by atoms with Crippen LogP contribution in [0.2, 0.25) is 0 Å². The Morgan fingerprint density at radius 3 is 2.67 bits per heavy atom. The molecule has 0 unspecified atom stereocenters. The van der Waals surface area contributed by atoms with E-state index in [4.69, 9.17) is 13.9 Å². The summed E-state index contributed by atoms with van der Waals surface area (Å²) in [5, 5.41) is 14.2. The summed E-state index contributed by atoms with van der Waals surface area (Å²) in [4.78, 5) is 34.6. The molecule has 0 atom stereocenters. The van der Waals surface area contributed by atoms with Gasteiger partial charge in [-0.2, -0.15) is 0 Å². The van der Waals surface area contributed by atoms with E-state index in [-0.39, 0.29) is 23.5 Å². The van der Waals surface area contributed by atoms with E-state index in [2.05, 4.69) is 5.32 Å². The van der Waals surface area contributed by atoms with Gasteiger partial charge < -0.3 is 19.2 Å². The Morgan fingerprint density at radius 1 is 1.20 bits per heavy atom. The monoisotopic (exact) mass is 412 g/mol. The van der Waals surface area contributed by atoms with Crippen molar-refractivity contribution in [2.45, 2.75) is 20.3 Å². The first-order chi connectivity index (χ1) is 14.3. The van der Waals surface area contributed by atoms with Crippen LogP contribution in [0.25, 0.3) is 11.0 Å². The lowest BCUT2D eigenvalue weighted by atomic mass is 10.0. The number of benzene rings is 2. The summed E-state index contributed by atoms with van der Waals surface area (Å²) in [6.07, 6.45) is 1.45. The molecule has 0 radical (unpaired) electrons. The maximum Gasteiger partial charge on any atom is 0.310 e. The molecule has 0 aliphatic heterocycles. The van der Waals surface area contributed by atoms with Gasteiger partial charge in [-0.15, -0.1) is 0 Å². The number of hydrogen-bond acceptors (Lipinski definition) is 7. The van der Waals surface area contributed by atoms with Gasteiger partial charge in [-0.1, -0.05) is 12.1 Å². The predicted octanol–water partition coefficient (Wildman–Crippen LogP) is 3.69. The number of non-ortho nitro benzene ring substituents is 1. The first-order valence-electron chi connectivity index (χ1n) is 9.04. The fourth-order valence-electron chi connectivity index (χ4n) is 2.97. The molecule has 0 bridgehead atoms. The summed E-state index contributed by atoms with van der Waals surface area (Å²) in [7, 11) is 1.37. The maximum absolute atomic E-state index is 12.2. The molecule has 0 saturated carbocycles. The first-order valence-corrected chi connectivity index (χ1v) is 9.04. The highest BCUT2D eigenvalue weighted by atomic mass is 16.6. The number of methoxy groups -OCH3 is 1. The highest BCUT2D eigenvalue weighted by molar-refractivity contribution is 5.95. The zero-order valence-corrected chi connectivity index (χ0v) is 16.7. The normalized spacial score (nSPS) is 10.6. The van der Waals surface area contributed by atoms with Crippen molar-refractivity contribution >= 4 is 34.2 Å². The van der Waals surface area contributed by atoms with Crippen molar-refractivity contribution in [2.24, 2.45) is 0 Å². The quantitative estimate of drug-likeness (QED) is 0.357. The molecule has 2 aromatic carbocycles. The average molecular weight is 412 g/mol. The van der Waals surface area contributed by atoms with E-state index in [9.17, 15) is 19.7 Å². The van der Waals surface area contributed by atoms with Crippen LogP contribution in [-0.4, -0.2) is 30.5 Å². The molecule has 30 heavy (non-hydrogen) atoms. The molecule has 1 heterocycles. The molecule has 0 spiro atoms. The van der Waals surface area contributed by atoms with E-state index in [1.54, 1.807) is 0 Å². The van der Waals surface area contributed by atoms with Crippen molar-refractivity contribution in [3.05, 3.63) is 63.4 Å². The highest BCUT2D eigenvalue weighted by Crippen LogP contribution is 2.29. The Bertz CT molecular complexity index is 1130. The third-order valence-electron chi connectivity index (χ3n) is 4.71. The minimum Gasteiger partial charge on any atom is -0.495 e. The van der Waals surface area contributed by atoms with Gasteiger partial charge >= 0.3 is 5.97 Å². The number of carbonyl (C=O) groups excluding carboxylic acids is 2. The Hall–Kier alpha value is -3.88. The van der Waals surface area contributed by atoms with Gasteiger partial charge in [-0.05, 0) is 31.0 Å². The molecule has 1 aromatic heterocycles. The maximum atomic E-state index is 12.2. The summed E-state index contributed by atoms with van der Waals surface area (Å²) in [5.41, 5.74) is 3.36. The van der Waals surface area contributed by atoms with Crippen LogP contribution in [-0.2, 0) is 20.7 Å². The minimum atomic E-state index is -0.648. The lowest BCUT2D eigenvalue weighted by molar-refractivity contribution is -0.384. The Kier molecular flexibility index (Phi) is 6.01. The number of aryl methyl sites for hydroxylation is 2. The number of anilines is 1. The van der Waals surface area contributed by atoms with Gasteiger partial charge in [0.1, 0.15) is 11.3 Å². The van der Waals surface area contributed by atoms with Crippen LogP contribution in [0, 0.1) is 24.0 Å². The topological polar surface area (TPSA) is 121 Å². The van der Waals surface area contributed by atoms with Crippen LogP contribution in [0.1, 0.15) is 16.7 Å². The molecule has 9 nitrogen and oxygen atoms in total. The van der Waals surface area contributed by atoms with Gasteiger partial charge in [0, 0.05) is 23.1 Å². The number of esters is 1. The Balaban J connectivity index is 1.62. The summed E-state index contributed by atoms with van der Waals surface area (Å²) in [6, 6.07) is 7.62. The second kappa shape index (κ2) is 8.64. The van der Waals surface area contributed by atoms with Gasteiger partial charge in [-0.3, -0.25) is 19.7 Å². The van der Waals surface area contributed by atoms with Crippen molar-refractivity contribution in [3.63, 3.8) is 0 Å². The molecular formula is C21H20N2O7. The second-order valence-electron chi connectivity index (χ2n) is 6.67. The summed E-state index contributed by atoms with van der Waals surface area (Å²) >= 11 is 0. The molecule has 9 heteroatoms. The largest absolute Gasteiger partial charge is 0.495 e. The van der Waals surface area contributed by atoms with E-state index in [0.29, 0.717) is 11.1 Å². The fraction of sp³-hybridized carbons (Fsp3) is 0.238. The van der Waals surface area contributed by atoms with Crippen LogP contribution < -0.4 is 10.1 Å². The van der Waals surface area contributed by atoms with Crippen molar-refractivity contribution < 1.29 is 28.4 Å². The van der Waals surface area contributed by atoms with Crippen LogP contribution >= 0.6 is 0 Å². The summed E-state index contributed by atoms with van der Waals surface area (Å²) in [6.45, 7) is 3.37. The number of fused-ring (bicyclic) bond motifs is 1. The molecular weight excluding hydrogens is 392 g/mol. The number of ether oxygens (including phenoxy) is 2. The Labute approximate surface area is 171 Å². The van der Waals surface area contributed by atoms with Crippen LogP contribution in [0.4, 0.5) is 11.4 Å². The number of hydrogen-bond donors (Lipinski definition) is 1. The molecule has 3 rings (SSSR count). The standard InChI is InChI=1S/C21H20N2O7/c1-12-4-6-16-14(10-30-21(16)13(12)2)8-20(25)29-11-19(24)22-17-9-15(23(26)27)5-7-18(17)28-3/h4-7,9-10H,8,11H2,1-3H3,(H,22,24). The van der Waals surface area contributed by atoms with Crippen molar-refractivity contribution in [1.29, 1.82) is 0 Å². The zero-order chi connectivity index (χ0) is 21.8. The van der Waals surface area contributed by atoms with Crippen LogP contribution in [0.5, 0.6) is 5.75 Å². The molecule has 0 fully saturated rings. The third-order valence-corrected chi connectivity index (χ3v) is 4.71. The van der Waals surface area contributed by atoms with E-state index < -0.39 is 23.4 Å². The van der Waals surface area contributed by atoms with Crippen molar-refractivity contribution in [1.82, 2.24) is 0 Å². The molecule has 1 N–H and O–H groups in total. The van der Waals surface area contributed by atoms with Gasteiger partial charge in [0.15, 0.2) is 6.61 Å². The number of nitrogens with zero attached hydrogens (tertiary/aromatic N) is 1. The zero-order valence-electron chi connectivity index (χ0n) is 16.7. The fourth-order valence-corrected chi connectivity index (χ4v) is 2.97. The smallest absolute Gasteiger partial charge is 0.310 e. The SMILES string of the molecule is COc1ccc([N+](=O)[O-])cc1NC(=O)COC(=O)Cc1coc2c(C)c(C)ccc12. The summed E-state index contributed by atoms with van der Waals surface area (Å²) in [5.74, 6) is -1.00. The van der Waals surface area contributed by atoms with Crippen LogP contribution in [0.15, 0.2) is 41.0 Å². The number of carbonyl (C=O) groups is 2. The number of furan rings is 1. The first kappa shape index (κ1) is 20.8. The highest BCUT2D eigenvalue weighted by Gasteiger charge is 2.17. The van der Waals surface area contributed by atoms with Crippen molar-refractivity contribution in [2.75, 3.05) is 19.0 Å². The number of amides is 1. The number of nitrogens with one attached hydrogen (secondary N) is 1. The second-order valence-corrected chi connectivity index (χ2v) is 6.67. The average Bonchev–Trinajstić information content (AvgIpc) is 3.12. The number of rotatable bonds is 7. The lowest BCUT2D eigenvalue weighted by Crippen LogP contribution is -2.22. The lowest BCUT2D eigenvalue weighted by Gasteiger charge is -2.10. The van der Waals surface area contributed by atoms with Gasteiger partial charge in [-0.25, -0.2) is 0 Å². The molecule has 156 valence electrons. The predicted molar refractivity (Wildman–Crippen MR) is 109 cm³/mol. The minimum absolute atomic E-state index is 0.0527. The summed E-state index contributed by atoms with van der Waals surface area (Å²) < 4.78 is 15.7. The van der Waals surface area contributed by atoms with E-state index >= 15 is 0 Å². The van der Waals surface area contributed by atoms with E-state index in [1.807, 2.05) is 26.0 Å².